The molecule has 3 heterocycles. The Balaban J connectivity index is 2.07. The molecule has 0 saturated carbocycles. The summed E-state index contributed by atoms with van der Waals surface area (Å²) in [5.74, 6) is 0. The Morgan fingerprint density at radius 1 is 1.35 bits per heavy atom. The molecule has 0 bridgehead atoms. The normalized spacial score (nSPS) is 16.4. The van der Waals surface area contributed by atoms with E-state index in [9.17, 15) is 0 Å². The number of pyridine rings is 1. The van der Waals surface area contributed by atoms with E-state index in [4.69, 9.17) is 4.74 Å². The minimum atomic E-state index is 0.853. The van der Waals surface area contributed by atoms with Crippen LogP contribution in [0.5, 0.6) is 0 Å². The molecule has 3 heteroatoms. The van der Waals surface area contributed by atoms with Crippen LogP contribution in [0.2, 0.25) is 0 Å². The van der Waals surface area contributed by atoms with E-state index >= 15 is 0 Å². The first kappa shape index (κ1) is 10.5. The summed E-state index contributed by atoms with van der Waals surface area (Å²) in [7, 11) is 0. The van der Waals surface area contributed by atoms with Crippen LogP contribution in [0, 0.1) is 6.92 Å². The van der Waals surface area contributed by atoms with Gasteiger partial charge in [-0.1, -0.05) is 11.6 Å². The van der Waals surface area contributed by atoms with Crippen LogP contribution in [0.4, 0.5) is 0 Å². The zero-order valence-electron chi connectivity index (χ0n) is 9.99. The second-order valence-electron chi connectivity index (χ2n) is 4.51. The number of aryl methyl sites for hydroxylation is 1. The number of fused-ring (bicyclic) bond motifs is 1. The van der Waals surface area contributed by atoms with E-state index < -0.39 is 0 Å². The van der Waals surface area contributed by atoms with E-state index in [2.05, 4.69) is 29.0 Å². The van der Waals surface area contributed by atoms with Crippen LogP contribution >= 0.6 is 0 Å². The van der Waals surface area contributed by atoms with Crippen LogP contribution in [0.25, 0.3) is 17.1 Å². The third-order valence-electron chi connectivity index (χ3n) is 3.30. The maximum absolute atomic E-state index is 5.37. The first-order valence-corrected chi connectivity index (χ1v) is 6.04. The van der Waals surface area contributed by atoms with Gasteiger partial charge >= 0.3 is 0 Å². The molecule has 1 aliphatic rings. The zero-order valence-corrected chi connectivity index (χ0v) is 9.99. The van der Waals surface area contributed by atoms with Crippen LogP contribution in [0.3, 0.4) is 0 Å². The molecular weight excluding hydrogens is 212 g/mol. The van der Waals surface area contributed by atoms with Crippen molar-refractivity contribution in [3.05, 3.63) is 35.2 Å². The summed E-state index contributed by atoms with van der Waals surface area (Å²) in [6.07, 6.45) is 8.28. The topological polar surface area (TPSA) is 37.9 Å². The van der Waals surface area contributed by atoms with Crippen molar-refractivity contribution < 1.29 is 4.74 Å². The molecule has 3 rings (SSSR count). The molecule has 0 amide bonds. The first-order valence-electron chi connectivity index (χ1n) is 6.04. The Morgan fingerprint density at radius 3 is 3.00 bits per heavy atom. The quantitative estimate of drug-likeness (QED) is 0.814. The fourth-order valence-electron chi connectivity index (χ4n) is 2.37. The van der Waals surface area contributed by atoms with Crippen molar-refractivity contribution in [3.63, 3.8) is 0 Å². The number of ether oxygens (including phenoxy) is 1. The van der Waals surface area contributed by atoms with Gasteiger partial charge in [0.2, 0.25) is 0 Å². The van der Waals surface area contributed by atoms with Crippen LogP contribution in [-0.4, -0.2) is 23.2 Å². The van der Waals surface area contributed by atoms with Crippen molar-refractivity contribution in [1.82, 2.24) is 9.97 Å². The molecule has 0 radical (unpaired) electrons. The van der Waals surface area contributed by atoms with Gasteiger partial charge in [-0.25, -0.2) is 4.98 Å². The molecule has 1 aliphatic heterocycles. The molecule has 1 saturated heterocycles. The fraction of sp³-hybridized carbons (Fsp3) is 0.357. The molecular formula is C14H16N2O. The number of H-pyrrole nitrogens is 1. The number of aromatic amines is 1. The van der Waals surface area contributed by atoms with E-state index in [0.717, 1.165) is 31.7 Å². The average molecular weight is 228 g/mol. The van der Waals surface area contributed by atoms with Gasteiger partial charge in [0.1, 0.15) is 5.65 Å². The summed E-state index contributed by atoms with van der Waals surface area (Å²) in [6.45, 7) is 3.82. The summed E-state index contributed by atoms with van der Waals surface area (Å²) < 4.78 is 5.37. The lowest BCUT2D eigenvalue weighted by Crippen LogP contribution is -2.06. The van der Waals surface area contributed by atoms with E-state index in [0.29, 0.717) is 0 Å². The minimum Gasteiger partial charge on any atom is -0.381 e. The molecule has 0 unspecified atom stereocenters. The molecule has 17 heavy (non-hydrogen) atoms. The molecule has 0 atom stereocenters. The highest BCUT2D eigenvalue weighted by Gasteiger charge is 2.08. The van der Waals surface area contributed by atoms with Gasteiger partial charge in [0.15, 0.2) is 0 Å². The van der Waals surface area contributed by atoms with Gasteiger partial charge < -0.3 is 9.72 Å². The molecule has 0 spiro atoms. The maximum Gasteiger partial charge on any atom is 0.138 e. The van der Waals surface area contributed by atoms with E-state index in [-0.39, 0.29) is 0 Å². The first-order chi connectivity index (χ1) is 8.34. The van der Waals surface area contributed by atoms with Gasteiger partial charge in [-0.2, -0.15) is 0 Å². The number of hydrogen-bond donors (Lipinski definition) is 1. The molecule has 0 aliphatic carbocycles. The second kappa shape index (κ2) is 4.34. The Hall–Kier alpha value is -1.61. The predicted molar refractivity (Wildman–Crippen MR) is 68.9 cm³/mol. The Labute approximate surface area is 101 Å². The van der Waals surface area contributed by atoms with Crippen molar-refractivity contribution in [2.24, 2.45) is 0 Å². The van der Waals surface area contributed by atoms with Crippen molar-refractivity contribution >= 4 is 17.1 Å². The monoisotopic (exact) mass is 228 g/mol. The van der Waals surface area contributed by atoms with Crippen molar-refractivity contribution in [2.45, 2.75) is 19.8 Å². The van der Waals surface area contributed by atoms with Crippen LogP contribution in [0.15, 0.2) is 24.0 Å². The van der Waals surface area contributed by atoms with E-state index in [1.54, 1.807) is 0 Å². The van der Waals surface area contributed by atoms with Crippen LogP contribution < -0.4 is 0 Å². The van der Waals surface area contributed by atoms with Gasteiger partial charge in [-0.05, 0) is 37.0 Å². The van der Waals surface area contributed by atoms with Crippen molar-refractivity contribution in [2.75, 3.05) is 13.2 Å². The number of nitrogens with one attached hydrogen (secondary N) is 1. The van der Waals surface area contributed by atoms with Crippen molar-refractivity contribution in [3.8, 4) is 0 Å². The summed E-state index contributed by atoms with van der Waals surface area (Å²) in [4.78, 5) is 7.55. The number of rotatable bonds is 1. The summed E-state index contributed by atoms with van der Waals surface area (Å²) in [6, 6.07) is 2.09. The lowest BCUT2D eigenvalue weighted by molar-refractivity contribution is 0.119. The van der Waals surface area contributed by atoms with Gasteiger partial charge in [0.05, 0.1) is 13.2 Å². The minimum absolute atomic E-state index is 0.853. The molecule has 3 nitrogen and oxygen atoms in total. The highest BCUT2D eigenvalue weighted by atomic mass is 16.5. The SMILES string of the molecule is Cc1c[nH]c2nccc(C=C3CCOCC3)c12. The average Bonchev–Trinajstić information content (AvgIpc) is 2.74. The van der Waals surface area contributed by atoms with Crippen LogP contribution in [-0.2, 0) is 4.74 Å². The third kappa shape index (κ3) is 1.98. The fourth-order valence-corrected chi connectivity index (χ4v) is 2.37. The van der Waals surface area contributed by atoms with Crippen LogP contribution in [0.1, 0.15) is 24.0 Å². The molecule has 2 aromatic heterocycles. The number of nitrogens with zero attached hydrogens (tertiary/aromatic N) is 1. The summed E-state index contributed by atoms with van der Waals surface area (Å²) in [5, 5.41) is 1.24. The molecule has 0 aromatic carbocycles. The van der Waals surface area contributed by atoms with Gasteiger partial charge in [-0.15, -0.1) is 0 Å². The lowest BCUT2D eigenvalue weighted by atomic mass is 10.0. The standard InChI is InChI=1S/C14H16N2O/c1-10-9-16-14-13(10)12(2-5-15-14)8-11-3-6-17-7-4-11/h2,5,8-9H,3-4,6-7H2,1H3,(H,15,16). The smallest absolute Gasteiger partial charge is 0.138 e. The largest absolute Gasteiger partial charge is 0.381 e. The molecule has 1 fully saturated rings. The van der Waals surface area contributed by atoms with E-state index in [1.807, 2.05) is 12.4 Å². The summed E-state index contributed by atoms with van der Waals surface area (Å²) >= 11 is 0. The highest BCUT2D eigenvalue weighted by Crippen LogP contribution is 2.24. The Morgan fingerprint density at radius 2 is 2.18 bits per heavy atom. The highest BCUT2D eigenvalue weighted by molar-refractivity contribution is 5.89. The molecule has 2 aromatic rings. The zero-order chi connectivity index (χ0) is 11.7. The van der Waals surface area contributed by atoms with Gasteiger partial charge in [0.25, 0.3) is 0 Å². The van der Waals surface area contributed by atoms with Crippen molar-refractivity contribution in [1.29, 1.82) is 0 Å². The second-order valence-corrected chi connectivity index (χ2v) is 4.51. The number of aromatic nitrogens is 2. The third-order valence-corrected chi connectivity index (χ3v) is 3.30. The summed E-state index contributed by atoms with van der Waals surface area (Å²) in [5.41, 5.74) is 4.98. The lowest BCUT2D eigenvalue weighted by Gasteiger charge is -2.14. The maximum atomic E-state index is 5.37. The predicted octanol–water partition coefficient (Wildman–Crippen LogP) is 3.07. The molecule has 88 valence electrons. The van der Waals surface area contributed by atoms with E-state index in [1.165, 1.54) is 22.1 Å². The van der Waals surface area contributed by atoms with Gasteiger partial charge in [-0.3, -0.25) is 0 Å². The Kier molecular flexibility index (Phi) is 2.69. The molecule has 1 N–H and O–H groups in total. The van der Waals surface area contributed by atoms with Gasteiger partial charge in [0, 0.05) is 17.8 Å². The number of hydrogen-bond acceptors (Lipinski definition) is 2. The Bertz CT molecular complexity index is 561.